The Balaban J connectivity index is 2.31. The van der Waals surface area contributed by atoms with Crippen LogP contribution in [0.1, 0.15) is 25.8 Å². The minimum atomic E-state index is -0.795. The molecule has 0 bridgehead atoms. The summed E-state index contributed by atoms with van der Waals surface area (Å²) in [4.78, 5) is 11.3. The SMILES string of the molecule is CC(C)(O)C/C=C/C(=O)OCc1ccccc1. The van der Waals surface area contributed by atoms with Crippen LogP contribution in [0.25, 0.3) is 0 Å². The predicted octanol–water partition coefficient (Wildman–Crippen LogP) is 2.45. The number of carbonyl (C=O) groups is 1. The second-order valence-corrected chi connectivity index (χ2v) is 4.51. The molecule has 1 N–H and O–H groups in total. The lowest BCUT2D eigenvalue weighted by Crippen LogP contribution is -2.16. The summed E-state index contributed by atoms with van der Waals surface area (Å²) < 4.78 is 5.04. The summed E-state index contributed by atoms with van der Waals surface area (Å²) in [6.07, 6.45) is 3.39. The molecule has 0 radical (unpaired) electrons. The number of esters is 1. The molecular formula is C14H18O3. The Morgan fingerprint density at radius 1 is 1.35 bits per heavy atom. The average Bonchev–Trinajstić information content (AvgIpc) is 2.26. The van der Waals surface area contributed by atoms with E-state index < -0.39 is 11.6 Å². The monoisotopic (exact) mass is 234 g/mol. The summed E-state index contributed by atoms with van der Waals surface area (Å²) in [6.45, 7) is 3.64. The fourth-order valence-electron chi connectivity index (χ4n) is 1.22. The van der Waals surface area contributed by atoms with Crippen LogP contribution in [0.2, 0.25) is 0 Å². The van der Waals surface area contributed by atoms with Gasteiger partial charge in [-0.25, -0.2) is 4.79 Å². The zero-order chi connectivity index (χ0) is 12.7. The van der Waals surface area contributed by atoms with Crippen molar-refractivity contribution in [2.24, 2.45) is 0 Å². The standard InChI is InChI=1S/C14H18O3/c1-14(2,16)10-6-9-13(15)17-11-12-7-4-3-5-8-12/h3-9,16H,10-11H2,1-2H3/b9-6+. The predicted molar refractivity (Wildman–Crippen MR) is 66.3 cm³/mol. The summed E-state index contributed by atoms with van der Waals surface area (Å²) in [6, 6.07) is 9.50. The van der Waals surface area contributed by atoms with Crippen molar-refractivity contribution in [2.45, 2.75) is 32.5 Å². The number of benzene rings is 1. The van der Waals surface area contributed by atoms with Crippen molar-refractivity contribution in [1.82, 2.24) is 0 Å². The number of carbonyl (C=O) groups excluding carboxylic acids is 1. The summed E-state index contributed by atoms with van der Waals surface area (Å²) >= 11 is 0. The molecule has 1 rings (SSSR count). The first-order valence-electron chi connectivity index (χ1n) is 5.57. The first-order chi connectivity index (χ1) is 7.97. The molecule has 0 amide bonds. The van der Waals surface area contributed by atoms with E-state index in [0.29, 0.717) is 6.42 Å². The minimum Gasteiger partial charge on any atom is -0.458 e. The van der Waals surface area contributed by atoms with E-state index in [1.165, 1.54) is 6.08 Å². The molecule has 0 aliphatic rings. The van der Waals surface area contributed by atoms with Gasteiger partial charge in [-0.1, -0.05) is 36.4 Å². The van der Waals surface area contributed by atoms with E-state index >= 15 is 0 Å². The fraction of sp³-hybridized carbons (Fsp3) is 0.357. The molecule has 3 heteroatoms. The number of hydrogen-bond acceptors (Lipinski definition) is 3. The topological polar surface area (TPSA) is 46.5 Å². The molecule has 0 aliphatic carbocycles. The zero-order valence-electron chi connectivity index (χ0n) is 10.2. The molecule has 0 aliphatic heterocycles. The molecule has 0 spiro atoms. The fourth-order valence-corrected chi connectivity index (χ4v) is 1.22. The summed E-state index contributed by atoms with van der Waals surface area (Å²) in [5.41, 5.74) is 0.160. The Kier molecular flexibility index (Phi) is 4.91. The summed E-state index contributed by atoms with van der Waals surface area (Å²) in [5, 5.41) is 9.44. The third-order valence-corrected chi connectivity index (χ3v) is 2.10. The van der Waals surface area contributed by atoms with Crippen LogP contribution in [-0.4, -0.2) is 16.7 Å². The van der Waals surface area contributed by atoms with Gasteiger partial charge in [0.2, 0.25) is 0 Å². The molecule has 17 heavy (non-hydrogen) atoms. The highest BCUT2D eigenvalue weighted by Gasteiger charge is 2.09. The van der Waals surface area contributed by atoms with Gasteiger partial charge >= 0.3 is 5.97 Å². The molecule has 0 saturated carbocycles. The van der Waals surface area contributed by atoms with Gasteiger partial charge in [0, 0.05) is 6.08 Å². The molecule has 92 valence electrons. The van der Waals surface area contributed by atoms with Gasteiger partial charge in [-0.05, 0) is 25.8 Å². The van der Waals surface area contributed by atoms with Crippen LogP contribution in [0.4, 0.5) is 0 Å². The lowest BCUT2D eigenvalue weighted by Gasteiger charge is -2.13. The van der Waals surface area contributed by atoms with Crippen molar-refractivity contribution in [3.8, 4) is 0 Å². The van der Waals surface area contributed by atoms with E-state index in [1.54, 1.807) is 19.9 Å². The first-order valence-corrected chi connectivity index (χ1v) is 5.57. The molecule has 1 aromatic rings. The average molecular weight is 234 g/mol. The van der Waals surface area contributed by atoms with E-state index in [2.05, 4.69) is 0 Å². The third-order valence-electron chi connectivity index (χ3n) is 2.10. The van der Waals surface area contributed by atoms with Gasteiger partial charge in [-0.2, -0.15) is 0 Å². The molecule has 3 nitrogen and oxygen atoms in total. The van der Waals surface area contributed by atoms with E-state index in [4.69, 9.17) is 4.74 Å². The van der Waals surface area contributed by atoms with E-state index in [1.807, 2.05) is 30.3 Å². The largest absolute Gasteiger partial charge is 0.458 e. The Hall–Kier alpha value is -1.61. The maximum Gasteiger partial charge on any atom is 0.330 e. The maximum atomic E-state index is 11.3. The quantitative estimate of drug-likeness (QED) is 0.628. The van der Waals surface area contributed by atoms with Gasteiger partial charge in [0.15, 0.2) is 0 Å². The number of hydrogen-bond donors (Lipinski definition) is 1. The van der Waals surface area contributed by atoms with Crippen LogP contribution in [0, 0.1) is 0 Å². The first kappa shape index (κ1) is 13.5. The van der Waals surface area contributed by atoms with Crippen LogP contribution in [-0.2, 0) is 16.1 Å². The van der Waals surface area contributed by atoms with Crippen LogP contribution in [0.5, 0.6) is 0 Å². The smallest absolute Gasteiger partial charge is 0.330 e. The zero-order valence-corrected chi connectivity index (χ0v) is 10.2. The van der Waals surface area contributed by atoms with Crippen molar-refractivity contribution in [2.75, 3.05) is 0 Å². The molecular weight excluding hydrogens is 216 g/mol. The van der Waals surface area contributed by atoms with Gasteiger partial charge in [0.25, 0.3) is 0 Å². The van der Waals surface area contributed by atoms with Gasteiger partial charge in [-0.3, -0.25) is 0 Å². The second-order valence-electron chi connectivity index (χ2n) is 4.51. The highest BCUT2D eigenvalue weighted by molar-refractivity contribution is 5.81. The Morgan fingerprint density at radius 3 is 2.59 bits per heavy atom. The molecule has 0 atom stereocenters. The van der Waals surface area contributed by atoms with Crippen molar-refractivity contribution in [3.05, 3.63) is 48.0 Å². The number of rotatable bonds is 5. The lowest BCUT2D eigenvalue weighted by atomic mass is 10.1. The van der Waals surface area contributed by atoms with Crippen molar-refractivity contribution >= 4 is 5.97 Å². The highest BCUT2D eigenvalue weighted by atomic mass is 16.5. The number of ether oxygens (including phenoxy) is 1. The molecule has 0 unspecified atom stereocenters. The molecule has 1 aromatic carbocycles. The molecule has 0 saturated heterocycles. The van der Waals surface area contributed by atoms with E-state index in [9.17, 15) is 9.90 Å². The Labute approximate surface area is 102 Å². The molecule has 0 aromatic heterocycles. The Morgan fingerprint density at radius 2 is 2.00 bits per heavy atom. The normalized spacial score (nSPS) is 11.7. The van der Waals surface area contributed by atoms with Crippen LogP contribution in [0.15, 0.2) is 42.5 Å². The van der Waals surface area contributed by atoms with Gasteiger partial charge in [0.1, 0.15) is 6.61 Å². The number of aliphatic hydroxyl groups is 1. The van der Waals surface area contributed by atoms with E-state index in [-0.39, 0.29) is 6.61 Å². The van der Waals surface area contributed by atoms with Crippen molar-refractivity contribution in [3.63, 3.8) is 0 Å². The van der Waals surface area contributed by atoms with Crippen LogP contribution < -0.4 is 0 Å². The van der Waals surface area contributed by atoms with Gasteiger partial charge in [-0.15, -0.1) is 0 Å². The Bertz CT molecular complexity index is 374. The lowest BCUT2D eigenvalue weighted by molar-refractivity contribution is -0.139. The van der Waals surface area contributed by atoms with E-state index in [0.717, 1.165) is 5.56 Å². The molecule has 0 fully saturated rings. The highest BCUT2D eigenvalue weighted by Crippen LogP contribution is 2.07. The van der Waals surface area contributed by atoms with Crippen LogP contribution >= 0.6 is 0 Å². The second kappa shape index (κ2) is 6.21. The summed E-state index contributed by atoms with van der Waals surface area (Å²) in [5.74, 6) is -0.391. The minimum absolute atomic E-state index is 0.270. The van der Waals surface area contributed by atoms with Crippen molar-refractivity contribution in [1.29, 1.82) is 0 Å². The third kappa shape index (κ3) is 6.53. The van der Waals surface area contributed by atoms with Gasteiger partial charge < -0.3 is 9.84 Å². The van der Waals surface area contributed by atoms with Crippen LogP contribution in [0.3, 0.4) is 0 Å². The summed E-state index contributed by atoms with van der Waals surface area (Å²) in [7, 11) is 0. The maximum absolute atomic E-state index is 11.3. The van der Waals surface area contributed by atoms with Crippen molar-refractivity contribution < 1.29 is 14.6 Å². The molecule has 0 heterocycles. The van der Waals surface area contributed by atoms with Gasteiger partial charge in [0.05, 0.1) is 5.60 Å².